The first-order valence-electron chi connectivity index (χ1n) is 20.4. The van der Waals surface area contributed by atoms with E-state index >= 15 is 0 Å². The van der Waals surface area contributed by atoms with Gasteiger partial charge in [-0.2, -0.15) is 0 Å². The van der Waals surface area contributed by atoms with Crippen molar-refractivity contribution in [3.8, 4) is 56.4 Å². The van der Waals surface area contributed by atoms with Crippen LogP contribution < -0.4 is 0 Å². The van der Waals surface area contributed by atoms with Crippen LogP contribution in [0.25, 0.3) is 100 Å². The Kier molecular flexibility index (Phi) is 7.42. The lowest BCUT2D eigenvalue weighted by molar-refractivity contribution is 0.667. The van der Waals surface area contributed by atoms with E-state index in [1.54, 1.807) is 0 Å². The van der Waals surface area contributed by atoms with Gasteiger partial charge in [-0.15, -0.1) is 0 Å². The monoisotopic (exact) mass is 771 g/mol. The molecule has 0 spiro atoms. The predicted octanol–water partition coefficient (Wildman–Crippen LogP) is 14.3. The fourth-order valence-electron chi connectivity index (χ4n) is 9.89. The standard InChI is InChI=1S/C55H37N3O2/c1-32-14-11-15-33(2)47(32)54-57-52(56-53(58-54)42-22-13-25-45-48(42)40-19-8-10-24-44(40)59-45)35-28-26-34(27-29-35)37-20-12-21-41-49-46(60-51(37)41)31-30-39-38-18-7-9-23-43(38)55(3,50(39)49)36-16-5-4-6-17-36/h4-31H,1-3H3. The molecule has 0 N–H and O–H groups in total. The van der Waals surface area contributed by atoms with Gasteiger partial charge in [0.2, 0.25) is 0 Å². The molecule has 0 bridgehead atoms. The van der Waals surface area contributed by atoms with Gasteiger partial charge in [-0.05, 0) is 83.5 Å². The minimum atomic E-state index is -0.351. The molecule has 1 unspecified atom stereocenters. The van der Waals surface area contributed by atoms with Crippen LogP contribution in [-0.2, 0) is 5.41 Å². The molecular formula is C55H37N3O2. The molecule has 11 aromatic rings. The van der Waals surface area contributed by atoms with Crippen molar-refractivity contribution in [2.45, 2.75) is 26.2 Å². The van der Waals surface area contributed by atoms with Crippen molar-refractivity contribution in [3.63, 3.8) is 0 Å². The van der Waals surface area contributed by atoms with Crippen molar-refractivity contribution in [1.29, 1.82) is 0 Å². The van der Waals surface area contributed by atoms with Crippen LogP contribution in [-0.4, -0.2) is 15.0 Å². The smallest absolute Gasteiger partial charge is 0.164 e. The average molecular weight is 772 g/mol. The molecule has 3 heterocycles. The molecule has 0 amide bonds. The number of fused-ring (bicyclic) bond motifs is 10. The number of nitrogens with zero attached hydrogens (tertiary/aromatic N) is 3. The van der Waals surface area contributed by atoms with Gasteiger partial charge in [0, 0.05) is 49.2 Å². The summed E-state index contributed by atoms with van der Waals surface area (Å²) in [4.78, 5) is 15.5. The maximum absolute atomic E-state index is 6.88. The summed E-state index contributed by atoms with van der Waals surface area (Å²) in [5, 5.41) is 4.30. The summed E-state index contributed by atoms with van der Waals surface area (Å²) in [6.07, 6.45) is 0. The van der Waals surface area contributed by atoms with Gasteiger partial charge in [-0.3, -0.25) is 0 Å². The van der Waals surface area contributed by atoms with Gasteiger partial charge in [0.15, 0.2) is 17.5 Å². The molecule has 1 aliphatic rings. The molecule has 5 heteroatoms. The third-order valence-electron chi connectivity index (χ3n) is 12.7. The molecule has 3 aromatic heterocycles. The van der Waals surface area contributed by atoms with Crippen LogP contribution in [0, 0.1) is 13.8 Å². The van der Waals surface area contributed by atoms with Gasteiger partial charge < -0.3 is 8.83 Å². The summed E-state index contributed by atoms with van der Waals surface area (Å²) in [5.41, 5.74) is 16.6. The van der Waals surface area contributed by atoms with E-state index in [9.17, 15) is 0 Å². The third-order valence-corrected chi connectivity index (χ3v) is 12.7. The topological polar surface area (TPSA) is 65.0 Å². The van der Waals surface area contributed by atoms with Gasteiger partial charge in [0.1, 0.15) is 22.3 Å². The van der Waals surface area contributed by atoms with Crippen molar-refractivity contribution in [3.05, 3.63) is 198 Å². The lowest BCUT2D eigenvalue weighted by Gasteiger charge is -2.28. The lowest BCUT2D eigenvalue weighted by atomic mass is 9.73. The van der Waals surface area contributed by atoms with E-state index in [0.29, 0.717) is 17.5 Å². The number of furan rings is 2. The lowest BCUT2D eigenvalue weighted by Crippen LogP contribution is -2.22. The largest absolute Gasteiger partial charge is 0.456 e. The highest BCUT2D eigenvalue weighted by atomic mass is 16.3. The Labute approximate surface area is 346 Å². The molecule has 1 aliphatic carbocycles. The van der Waals surface area contributed by atoms with Gasteiger partial charge >= 0.3 is 0 Å². The van der Waals surface area contributed by atoms with Crippen molar-refractivity contribution < 1.29 is 8.83 Å². The van der Waals surface area contributed by atoms with E-state index < -0.39 is 0 Å². The summed E-state index contributed by atoms with van der Waals surface area (Å²) >= 11 is 0. The summed E-state index contributed by atoms with van der Waals surface area (Å²) in [7, 11) is 0. The van der Waals surface area contributed by atoms with E-state index in [1.807, 2.05) is 30.3 Å². The van der Waals surface area contributed by atoms with E-state index in [1.165, 1.54) is 33.2 Å². The number of benzene rings is 8. The van der Waals surface area contributed by atoms with Crippen molar-refractivity contribution in [2.75, 3.05) is 0 Å². The molecule has 60 heavy (non-hydrogen) atoms. The van der Waals surface area contributed by atoms with E-state index in [2.05, 4.69) is 160 Å². The third kappa shape index (κ3) is 4.96. The number of rotatable bonds is 5. The zero-order valence-corrected chi connectivity index (χ0v) is 33.3. The zero-order valence-electron chi connectivity index (χ0n) is 33.3. The normalized spacial score (nSPS) is 14.7. The minimum Gasteiger partial charge on any atom is -0.456 e. The van der Waals surface area contributed by atoms with Crippen LogP contribution in [0.4, 0.5) is 0 Å². The SMILES string of the molecule is Cc1cccc(C)c1-c1nc(-c2ccc(-c3cccc4c3oc3ccc5c(c34)C(C)(c3ccccc3)c3ccccc3-5)cc2)nc(-c2cccc3oc4ccccc4c23)n1. The zero-order chi connectivity index (χ0) is 40.1. The Hall–Kier alpha value is -7.63. The van der Waals surface area contributed by atoms with Crippen LogP contribution in [0.1, 0.15) is 34.7 Å². The van der Waals surface area contributed by atoms with Crippen molar-refractivity contribution >= 4 is 43.9 Å². The maximum atomic E-state index is 6.88. The second-order valence-corrected chi connectivity index (χ2v) is 16.1. The summed E-state index contributed by atoms with van der Waals surface area (Å²) < 4.78 is 13.2. The van der Waals surface area contributed by atoms with Crippen LogP contribution in [0.3, 0.4) is 0 Å². The van der Waals surface area contributed by atoms with Gasteiger partial charge in [-0.1, -0.05) is 152 Å². The van der Waals surface area contributed by atoms with Crippen LogP contribution in [0.15, 0.2) is 179 Å². The Morgan fingerprint density at radius 2 is 1.03 bits per heavy atom. The number of hydrogen-bond acceptors (Lipinski definition) is 5. The molecular weight excluding hydrogens is 735 g/mol. The molecule has 1 atom stereocenters. The molecule has 284 valence electrons. The summed E-state index contributed by atoms with van der Waals surface area (Å²) in [5.74, 6) is 1.85. The van der Waals surface area contributed by atoms with Gasteiger partial charge in [0.05, 0.1) is 0 Å². The second kappa shape index (κ2) is 12.9. The first kappa shape index (κ1) is 34.4. The second-order valence-electron chi connectivity index (χ2n) is 16.1. The highest BCUT2D eigenvalue weighted by molar-refractivity contribution is 6.15. The molecule has 5 nitrogen and oxygen atoms in total. The number of aromatic nitrogens is 3. The van der Waals surface area contributed by atoms with Crippen LogP contribution >= 0.6 is 0 Å². The highest BCUT2D eigenvalue weighted by Crippen LogP contribution is 2.56. The fraction of sp³-hybridized carbons (Fsp3) is 0.0727. The Morgan fingerprint density at radius 1 is 0.417 bits per heavy atom. The Bertz CT molecular complexity index is 3510. The first-order valence-corrected chi connectivity index (χ1v) is 20.4. The number of aryl methyl sites for hydroxylation is 2. The summed E-state index contributed by atoms with van der Waals surface area (Å²) in [6.45, 7) is 6.58. The first-order chi connectivity index (χ1) is 29.5. The number of hydrogen-bond donors (Lipinski definition) is 0. The Balaban J connectivity index is 1.01. The molecule has 0 saturated heterocycles. The van der Waals surface area contributed by atoms with Crippen molar-refractivity contribution in [2.24, 2.45) is 0 Å². The quantitative estimate of drug-likeness (QED) is 0.174. The minimum absolute atomic E-state index is 0.351. The molecule has 0 radical (unpaired) electrons. The number of para-hydroxylation sites is 2. The Morgan fingerprint density at radius 3 is 1.88 bits per heavy atom. The maximum Gasteiger partial charge on any atom is 0.164 e. The van der Waals surface area contributed by atoms with Crippen molar-refractivity contribution in [1.82, 2.24) is 15.0 Å². The molecule has 0 saturated carbocycles. The molecule has 8 aromatic carbocycles. The van der Waals surface area contributed by atoms with Crippen LogP contribution in [0.2, 0.25) is 0 Å². The van der Waals surface area contributed by atoms with E-state index in [-0.39, 0.29) is 5.41 Å². The van der Waals surface area contributed by atoms with Gasteiger partial charge in [0.25, 0.3) is 0 Å². The molecule has 12 rings (SSSR count). The average Bonchev–Trinajstić information content (AvgIpc) is 3.95. The fourth-order valence-corrected chi connectivity index (χ4v) is 9.89. The molecule has 0 fully saturated rings. The predicted molar refractivity (Wildman–Crippen MR) is 243 cm³/mol. The van der Waals surface area contributed by atoms with Crippen LogP contribution in [0.5, 0.6) is 0 Å². The summed E-state index contributed by atoms with van der Waals surface area (Å²) in [6, 6.07) is 59.6. The van der Waals surface area contributed by atoms with Gasteiger partial charge in [-0.25, -0.2) is 15.0 Å². The highest BCUT2D eigenvalue weighted by Gasteiger charge is 2.43. The molecule has 0 aliphatic heterocycles. The van der Waals surface area contributed by atoms with E-state index in [0.717, 1.165) is 77.4 Å². The van der Waals surface area contributed by atoms with E-state index in [4.69, 9.17) is 23.8 Å².